The van der Waals surface area contributed by atoms with Gasteiger partial charge < -0.3 is 25.8 Å². The molecule has 0 saturated heterocycles. The Morgan fingerprint density at radius 2 is 1.96 bits per heavy atom. The van der Waals surface area contributed by atoms with Crippen LogP contribution < -0.4 is 25.8 Å². The Kier molecular flexibility index (Phi) is 11.7. The predicted molar refractivity (Wildman–Crippen MR) is 115 cm³/mol. The summed E-state index contributed by atoms with van der Waals surface area (Å²) in [6, 6.07) is 4.89. The van der Waals surface area contributed by atoms with Crippen LogP contribution in [0.5, 0.6) is 11.5 Å². The van der Waals surface area contributed by atoms with Crippen LogP contribution in [0, 0.1) is 5.41 Å². The average molecular weight is 514 g/mol. The number of alkyl halides is 2. The fourth-order valence-corrected chi connectivity index (χ4v) is 2.08. The molecule has 28 heavy (non-hydrogen) atoms. The Balaban J connectivity index is 0.00000729. The molecule has 0 saturated carbocycles. The molecule has 7 nitrogen and oxygen atoms in total. The first-order chi connectivity index (χ1) is 12.7. The van der Waals surface area contributed by atoms with E-state index >= 15 is 0 Å². The first kappa shape index (κ1) is 26.1. The number of ether oxygens (including phenoxy) is 2. The lowest BCUT2D eigenvalue weighted by molar-refractivity contribution is -0.125. The molecule has 0 fully saturated rings. The minimum absolute atomic E-state index is 0. The molecule has 10 heteroatoms. The number of primary amides is 1. The molecular weight excluding hydrogens is 485 g/mol. The first-order valence-corrected chi connectivity index (χ1v) is 8.72. The molecule has 1 rings (SSSR count). The lowest BCUT2D eigenvalue weighted by atomic mass is 9.93. The number of hydrogen-bond acceptors (Lipinski definition) is 4. The first-order valence-electron chi connectivity index (χ1n) is 8.72. The summed E-state index contributed by atoms with van der Waals surface area (Å²) in [6.07, 6.45) is 0. The highest BCUT2D eigenvalue weighted by atomic mass is 127. The smallest absolute Gasteiger partial charge is 0.387 e. The molecule has 0 atom stereocenters. The minimum atomic E-state index is -2.97. The van der Waals surface area contributed by atoms with Gasteiger partial charge in [-0.1, -0.05) is 12.1 Å². The normalized spacial score (nSPS) is 11.6. The van der Waals surface area contributed by atoms with Gasteiger partial charge in [0.25, 0.3) is 0 Å². The Hall–Kier alpha value is -1.85. The van der Waals surface area contributed by atoms with Gasteiger partial charge in [0.1, 0.15) is 0 Å². The number of amides is 1. The zero-order valence-corrected chi connectivity index (χ0v) is 18.9. The van der Waals surface area contributed by atoms with Gasteiger partial charge in [-0.05, 0) is 33.8 Å². The van der Waals surface area contributed by atoms with E-state index in [2.05, 4.69) is 20.4 Å². The second kappa shape index (κ2) is 12.6. The number of halogens is 3. The molecule has 1 aromatic rings. The van der Waals surface area contributed by atoms with Gasteiger partial charge in [0.05, 0.1) is 18.6 Å². The number of aliphatic imine (C=N–C) groups is 1. The fraction of sp³-hybridized carbons (Fsp3) is 0.556. The largest absolute Gasteiger partial charge is 0.490 e. The van der Waals surface area contributed by atoms with Crippen molar-refractivity contribution in [1.29, 1.82) is 0 Å². The quantitative estimate of drug-likeness (QED) is 0.254. The number of guanidine groups is 1. The number of carbonyl (C=O) groups excluding carboxylic acids is 1. The highest BCUT2D eigenvalue weighted by Crippen LogP contribution is 2.33. The van der Waals surface area contributed by atoms with Crippen LogP contribution in [-0.2, 0) is 11.3 Å². The highest BCUT2D eigenvalue weighted by molar-refractivity contribution is 14.0. The maximum absolute atomic E-state index is 12.8. The van der Waals surface area contributed by atoms with Crippen molar-refractivity contribution >= 4 is 35.8 Å². The number of rotatable bonds is 10. The molecule has 0 bridgehead atoms. The molecule has 4 N–H and O–H groups in total. The number of hydrogen-bond donors (Lipinski definition) is 3. The van der Waals surface area contributed by atoms with E-state index in [4.69, 9.17) is 10.5 Å². The molecule has 0 heterocycles. The van der Waals surface area contributed by atoms with Crippen molar-refractivity contribution in [3.63, 3.8) is 0 Å². The minimum Gasteiger partial charge on any atom is -0.490 e. The third kappa shape index (κ3) is 8.44. The second-order valence-electron chi connectivity index (χ2n) is 6.35. The summed E-state index contributed by atoms with van der Waals surface area (Å²) in [4.78, 5) is 15.8. The van der Waals surface area contributed by atoms with Crippen LogP contribution in [0.3, 0.4) is 0 Å². The zero-order chi connectivity index (χ0) is 20.4. The van der Waals surface area contributed by atoms with Crippen LogP contribution in [0.25, 0.3) is 0 Å². The number of benzene rings is 1. The van der Waals surface area contributed by atoms with Crippen molar-refractivity contribution in [2.45, 2.75) is 40.9 Å². The summed E-state index contributed by atoms with van der Waals surface area (Å²) in [5.74, 6) is 0.184. The van der Waals surface area contributed by atoms with E-state index in [0.717, 1.165) is 0 Å². The van der Waals surface area contributed by atoms with E-state index < -0.39 is 17.9 Å². The van der Waals surface area contributed by atoms with Gasteiger partial charge in [-0.15, -0.1) is 24.0 Å². The average Bonchev–Trinajstić information content (AvgIpc) is 2.59. The Labute approximate surface area is 181 Å². The second-order valence-corrected chi connectivity index (χ2v) is 6.35. The highest BCUT2D eigenvalue weighted by Gasteiger charge is 2.25. The Morgan fingerprint density at radius 1 is 1.29 bits per heavy atom. The number of para-hydroxylation sites is 1. The van der Waals surface area contributed by atoms with Crippen molar-refractivity contribution in [1.82, 2.24) is 10.6 Å². The van der Waals surface area contributed by atoms with E-state index in [9.17, 15) is 13.6 Å². The van der Waals surface area contributed by atoms with Crippen molar-refractivity contribution in [2.24, 2.45) is 16.1 Å². The van der Waals surface area contributed by atoms with E-state index in [1.807, 2.05) is 6.92 Å². The van der Waals surface area contributed by atoms with Gasteiger partial charge in [-0.3, -0.25) is 4.79 Å². The number of nitrogens with zero attached hydrogens (tertiary/aromatic N) is 1. The van der Waals surface area contributed by atoms with Crippen LogP contribution in [0.15, 0.2) is 23.2 Å². The van der Waals surface area contributed by atoms with E-state index in [1.165, 1.54) is 0 Å². The summed E-state index contributed by atoms with van der Waals surface area (Å²) in [7, 11) is 0. The van der Waals surface area contributed by atoms with Crippen LogP contribution in [0.1, 0.15) is 33.3 Å². The number of nitrogens with two attached hydrogens (primary N) is 1. The fourth-order valence-electron chi connectivity index (χ4n) is 2.08. The number of carbonyl (C=O) groups is 1. The molecule has 0 unspecified atom stereocenters. The third-order valence-corrected chi connectivity index (χ3v) is 3.68. The SMILES string of the molecule is CCNC(=NCc1cccc(OCC)c1OC(F)F)NCC(C)(C)C(N)=O.I. The monoisotopic (exact) mass is 514 g/mol. The molecule has 0 spiro atoms. The van der Waals surface area contributed by atoms with E-state index in [-0.39, 0.29) is 48.6 Å². The zero-order valence-electron chi connectivity index (χ0n) is 16.6. The van der Waals surface area contributed by atoms with Gasteiger partial charge in [0, 0.05) is 18.7 Å². The summed E-state index contributed by atoms with van der Waals surface area (Å²) >= 11 is 0. The van der Waals surface area contributed by atoms with Gasteiger partial charge in [0.2, 0.25) is 5.91 Å². The van der Waals surface area contributed by atoms with E-state index in [0.29, 0.717) is 24.7 Å². The van der Waals surface area contributed by atoms with Crippen LogP contribution in [-0.4, -0.2) is 38.2 Å². The molecule has 0 aromatic heterocycles. The Morgan fingerprint density at radius 3 is 2.50 bits per heavy atom. The maximum Gasteiger partial charge on any atom is 0.387 e. The van der Waals surface area contributed by atoms with Crippen LogP contribution in [0.2, 0.25) is 0 Å². The topological polar surface area (TPSA) is 98.0 Å². The summed E-state index contributed by atoms with van der Waals surface area (Å²) in [5.41, 5.74) is 5.05. The molecule has 1 aromatic carbocycles. The summed E-state index contributed by atoms with van der Waals surface area (Å²) in [6.45, 7) is 5.35. The van der Waals surface area contributed by atoms with Crippen molar-refractivity contribution < 1.29 is 23.0 Å². The Bertz CT molecular complexity index is 658. The lowest BCUT2D eigenvalue weighted by Crippen LogP contribution is -2.46. The lowest BCUT2D eigenvalue weighted by Gasteiger charge is -2.22. The summed E-state index contributed by atoms with van der Waals surface area (Å²) in [5, 5.41) is 6.06. The molecule has 1 amide bonds. The molecule has 0 aliphatic heterocycles. The third-order valence-electron chi connectivity index (χ3n) is 3.68. The van der Waals surface area contributed by atoms with Crippen molar-refractivity contribution in [3.8, 4) is 11.5 Å². The van der Waals surface area contributed by atoms with E-state index in [1.54, 1.807) is 39.0 Å². The number of nitrogens with one attached hydrogen (secondary N) is 2. The van der Waals surface area contributed by atoms with Crippen molar-refractivity contribution in [3.05, 3.63) is 23.8 Å². The molecule has 0 aliphatic carbocycles. The molecule has 0 radical (unpaired) electrons. The summed E-state index contributed by atoms with van der Waals surface area (Å²) < 4.78 is 35.6. The van der Waals surface area contributed by atoms with Gasteiger partial charge in [0.15, 0.2) is 17.5 Å². The molecule has 160 valence electrons. The van der Waals surface area contributed by atoms with Gasteiger partial charge in [-0.2, -0.15) is 8.78 Å². The van der Waals surface area contributed by atoms with Crippen LogP contribution in [0.4, 0.5) is 8.78 Å². The molecule has 0 aliphatic rings. The van der Waals surface area contributed by atoms with Gasteiger partial charge in [-0.25, -0.2) is 4.99 Å². The molecular formula is C18H29F2IN4O3. The van der Waals surface area contributed by atoms with Crippen LogP contribution >= 0.6 is 24.0 Å². The van der Waals surface area contributed by atoms with Gasteiger partial charge >= 0.3 is 6.61 Å². The predicted octanol–water partition coefficient (Wildman–Crippen LogP) is 2.87. The van der Waals surface area contributed by atoms with Crippen molar-refractivity contribution in [2.75, 3.05) is 19.7 Å². The standard InChI is InChI=1S/C18H28F2N4O3.HI/c1-5-22-17(24-11-18(3,4)15(21)25)23-10-12-8-7-9-13(26-6-2)14(12)27-16(19)20;/h7-9,16H,5-6,10-11H2,1-4H3,(H2,21,25)(H2,22,23,24);1H. The maximum atomic E-state index is 12.8.